The molecule has 2 heterocycles. The summed E-state index contributed by atoms with van der Waals surface area (Å²) in [7, 11) is 1.81. The fourth-order valence-corrected chi connectivity index (χ4v) is 2.91. The molecule has 1 aliphatic rings. The molecule has 3 rings (SSSR count). The molecule has 1 amide bonds. The van der Waals surface area contributed by atoms with E-state index in [2.05, 4.69) is 17.1 Å². The molecule has 1 fully saturated rings. The van der Waals surface area contributed by atoms with Crippen molar-refractivity contribution in [2.24, 2.45) is 5.92 Å². The third kappa shape index (κ3) is 4.50. The van der Waals surface area contributed by atoms with Crippen LogP contribution in [0.5, 0.6) is 0 Å². The summed E-state index contributed by atoms with van der Waals surface area (Å²) in [6.07, 6.45) is 2.99. The highest BCUT2D eigenvalue weighted by Crippen LogP contribution is 2.47. The quantitative estimate of drug-likeness (QED) is 0.726. The van der Waals surface area contributed by atoms with Gasteiger partial charge in [-0.2, -0.15) is 4.98 Å². The Balaban J connectivity index is 1.42. The van der Waals surface area contributed by atoms with Crippen LogP contribution in [0.4, 0.5) is 0 Å². The lowest BCUT2D eigenvalue weighted by Gasteiger charge is -2.15. The van der Waals surface area contributed by atoms with Crippen LogP contribution < -0.4 is 0 Å². The Morgan fingerprint density at radius 2 is 2.16 bits per heavy atom. The van der Waals surface area contributed by atoms with E-state index in [9.17, 15) is 4.79 Å². The second-order valence-electron chi connectivity index (χ2n) is 7.43. The Hall–Kier alpha value is -2.11. The highest BCUT2D eigenvalue weighted by Gasteiger charge is 2.36. The zero-order chi connectivity index (χ0) is 18.0. The number of furan rings is 1. The van der Waals surface area contributed by atoms with Gasteiger partial charge in [-0.15, -0.1) is 0 Å². The Morgan fingerprint density at radius 1 is 1.40 bits per heavy atom. The van der Waals surface area contributed by atoms with Gasteiger partial charge in [0.25, 0.3) is 0 Å². The van der Waals surface area contributed by atoms with Gasteiger partial charge in [0.05, 0.1) is 6.54 Å². The maximum absolute atomic E-state index is 12.3. The largest absolute Gasteiger partial charge is 0.464 e. The SMILES string of the molecule is CC(C)c1noc(CCCC(=O)N(C)Cc2ccc(C3CC3C)o2)n1. The molecule has 0 radical (unpaired) electrons. The second kappa shape index (κ2) is 7.42. The van der Waals surface area contributed by atoms with Gasteiger partial charge in [-0.1, -0.05) is 25.9 Å². The topological polar surface area (TPSA) is 72.4 Å². The summed E-state index contributed by atoms with van der Waals surface area (Å²) in [4.78, 5) is 18.3. The van der Waals surface area contributed by atoms with Crippen LogP contribution in [0.1, 0.15) is 75.1 Å². The van der Waals surface area contributed by atoms with E-state index in [0.29, 0.717) is 37.6 Å². The monoisotopic (exact) mass is 345 g/mol. The van der Waals surface area contributed by atoms with Crippen LogP contribution in [-0.2, 0) is 17.8 Å². The number of rotatable bonds is 8. The molecule has 2 unspecified atom stereocenters. The maximum Gasteiger partial charge on any atom is 0.226 e. The first kappa shape index (κ1) is 17.7. The smallest absolute Gasteiger partial charge is 0.226 e. The first-order chi connectivity index (χ1) is 11.9. The number of aryl methyl sites for hydroxylation is 1. The molecule has 0 saturated heterocycles. The van der Waals surface area contributed by atoms with Crippen molar-refractivity contribution in [1.82, 2.24) is 15.0 Å². The third-order valence-corrected chi connectivity index (χ3v) is 4.76. The lowest BCUT2D eigenvalue weighted by Crippen LogP contribution is -2.25. The van der Waals surface area contributed by atoms with E-state index >= 15 is 0 Å². The van der Waals surface area contributed by atoms with Crippen molar-refractivity contribution in [2.75, 3.05) is 7.05 Å². The third-order valence-electron chi connectivity index (χ3n) is 4.76. The molecule has 6 heteroatoms. The van der Waals surface area contributed by atoms with Gasteiger partial charge in [-0.3, -0.25) is 4.79 Å². The van der Waals surface area contributed by atoms with Crippen LogP contribution in [0.2, 0.25) is 0 Å². The van der Waals surface area contributed by atoms with Crippen LogP contribution in [0.15, 0.2) is 21.1 Å². The van der Waals surface area contributed by atoms with E-state index in [1.165, 1.54) is 6.42 Å². The highest BCUT2D eigenvalue weighted by molar-refractivity contribution is 5.75. The van der Waals surface area contributed by atoms with Gasteiger partial charge in [0.2, 0.25) is 11.8 Å². The van der Waals surface area contributed by atoms with Gasteiger partial charge >= 0.3 is 0 Å². The zero-order valence-electron chi connectivity index (χ0n) is 15.5. The summed E-state index contributed by atoms with van der Waals surface area (Å²) in [5.41, 5.74) is 0. The molecule has 0 spiro atoms. The molecular weight excluding hydrogens is 318 g/mol. The Bertz CT molecular complexity index is 719. The Labute approximate surface area is 148 Å². The van der Waals surface area contributed by atoms with Gasteiger partial charge in [-0.05, 0) is 30.9 Å². The molecule has 1 saturated carbocycles. The molecule has 136 valence electrons. The first-order valence-corrected chi connectivity index (χ1v) is 9.09. The Kier molecular flexibility index (Phi) is 5.25. The van der Waals surface area contributed by atoms with Gasteiger partial charge in [0.1, 0.15) is 11.5 Å². The lowest BCUT2D eigenvalue weighted by atomic mass is 10.2. The van der Waals surface area contributed by atoms with E-state index in [1.807, 2.05) is 33.0 Å². The normalized spacial score (nSPS) is 19.4. The summed E-state index contributed by atoms with van der Waals surface area (Å²) >= 11 is 0. The van der Waals surface area contributed by atoms with E-state index in [4.69, 9.17) is 8.94 Å². The minimum atomic E-state index is 0.0985. The van der Waals surface area contributed by atoms with Gasteiger partial charge in [0.15, 0.2) is 5.82 Å². The lowest BCUT2D eigenvalue weighted by molar-refractivity contribution is -0.130. The average molecular weight is 345 g/mol. The van der Waals surface area contributed by atoms with Crippen molar-refractivity contribution in [1.29, 1.82) is 0 Å². The number of amides is 1. The standard InChI is InChI=1S/C19H27N3O3/c1-12(2)19-20-17(25-21-19)6-5-7-18(23)22(4)11-14-8-9-16(24-14)15-10-13(15)3/h8-9,12-13,15H,5-7,10-11H2,1-4H3. The predicted molar refractivity (Wildman–Crippen MR) is 93.0 cm³/mol. The first-order valence-electron chi connectivity index (χ1n) is 9.09. The number of nitrogens with zero attached hydrogens (tertiary/aromatic N) is 3. The molecule has 6 nitrogen and oxygen atoms in total. The van der Waals surface area contributed by atoms with Gasteiger partial charge in [0, 0.05) is 31.7 Å². The highest BCUT2D eigenvalue weighted by atomic mass is 16.5. The van der Waals surface area contributed by atoms with E-state index in [-0.39, 0.29) is 11.8 Å². The molecule has 2 atom stereocenters. The van der Waals surface area contributed by atoms with Crippen LogP contribution >= 0.6 is 0 Å². The summed E-state index contributed by atoms with van der Waals surface area (Å²) in [6.45, 7) is 6.79. The van der Waals surface area contributed by atoms with E-state index < -0.39 is 0 Å². The van der Waals surface area contributed by atoms with Gasteiger partial charge < -0.3 is 13.8 Å². The summed E-state index contributed by atoms with van der Waals surface area (Å²) < 4.78 is 11.1. The number of aromatic nitrogens is 2. The summed E-state index contributed by atoms with van der Waals surface area (Å²) in [5.74, 6) is 4.87. The maximum atomic E-state index is 12.3. The fourth-order valence-electron chi connectivity index (χ4n) is 2.91. The molecule has 0 bridgehead atoms. The predicted octanol–water partition coefficient (Wildman–Crippen LogP) is 3.89. The van der Waals surface area contributed by atoms with Crippen molar-refractivity contribution < 1.29 is 13.7 Å². The van der Waals surface area contributed by atoms with Crippen molar-refractivity contribution in [3.63, 3.8) is 0 Å². The number of hydrogen-bond acceptors (Lipinski definition) is 5. The van der Waals surface area contributed by atoms with Crippen molar-refractivity contribution in [3.05, 3.63) is 35.4 Å². The Morgan fingerprint density at radius 3 is 2.80 bits per heavy atom. The fraction of sp³-hybridized carbons (Fsp3) is 0.632. The van der Waals surface area contributed by atoms with Crippen molar-refractivity contribution in [2.45, 2.75) is 64.8 Å². The van der Waals surface area contributed by atoms with Crippen molar-refractivity contribution in [3.8, 4) is 0 Å². The summed E-state index contributed by atoms with van der Waals surface area (Å²) in [5, 5.41) is 3.94. The zero-order valence-corrected chi connectivity index (χ0v) is 15.5. The molecular formula is C19H27N3O3. The molecule has 0 N–H and O–H groups in total. The van der Waals surface area contributed by atoms with Crippen LogP contribution in [0.3, 0.4) is 0 Å². The molecule has 0 aliphatic heterocycles. The minimum Gasteiger partial charge on any atom is -0.464 e. The average Bonchev–Trinajstić information content (AvgIpc) is 2.98. The molecule has 2 aromatic heterocycles. The van der Waals surface area contributed by atoms with Crippen molar-refractivity contribution >= 4 is 5.91 Å². The number of carbonyl (C=O) groups is 1. The van der Waals surface area contributed by atoms with Gasteiger partial charge in [-0.25, -0.2) is 0 Å². The molecule has 25 heavy (non-hydrogen) atoms. The number of hydrogen-bond donors (Lipinski definition) is 0. The summed E-state index contributed by atoms with van der Waals surface area (Å²) in [6, 6.07) is 4.03. The molecule has 1 aliphatic carbocycles. The van der Waals surface area contributed by atoms with Crippen LogP contribution in [0, 0.1) is 5.92 Å². The number of carbonyl (C=O) groups excluding carboxylic acids is 1. The second-order valence-corrected chi connectivity index (χ2v) is 7.43. The van der Waals surface area contributed by atoms with E-state index in [0.717, 1.165) is 23.3 Å². The molecule has 2 aromatic rings. The van der Waals surface area contributed by atoms with E-state index in [1.54, 1.807) is 4.90 Å². The minimum absolute atomic E-state index is 0.0985. The molecule has 0 aromatic carbocycles. The van der Waals surface area contributed by atoms with Crippen LogP contribution in [-0.4, -0.2) is 28.0 Å². The van der Waals surface area contributed by atoms with Crippen LogP contribution in [0.25, 0.3) is 0 Å².